The molecule has 0 spiro atoms. The van der Waals surface area contributed by atoms with Gasteiger partial charge in [-0.1, -0.05) is 6.92 Å². The van der Waals surface area contributed by atoms with Crippen LogP contribution in [0.25, 0.3) is 0 Å². The number of amides is 1. The standard InChI is InChI=1S/C14H26N2O2/c1-11-3-4-12(18-11)5-6-13(17)16-8-7-14(2,9-15)10-16/h11-12H,3-10,15H2,1-2H3. The molecule has 3 atom stereocenters. The Morgan fingerprint density at radius 1 is 1.50 bits per heavy atom. The zero-order valence-corrected chi connectivity index (χ0v) is 11.7. The van der Waals surface area contributed by atoms with E-state index in [4.69, 9.17) is 10.5 Å². The second-order valence-corrected chi connectivity index (χ2v) is 6.26. The van der Waals surface area contributed by atoms with Crippen LogP contribution in [-0.4, -0.2) is 42.6 Å². The molecule has 0 aromatic carbocycles. The number of hydrogen-bond acceptors (Lipinski definition) is 3. The Bertz CT molecular complexity index is 308. The minimum absolute atomic E-state index is 0.133. The van der Waals surface area contributed by atoms with Crippen molar-refractivity contribution in [2.75, 3.05) is 19.6 Å². The third-order valence-corrected chi connectivity index (χ3v) is 4.40. The van der Waals surface area contributed by atoms with Crippen LogP contribution in [0.2, 0.25) is 0 Å². The number of hydrogen-bond donors (Lipinski definition) is 1. The SMILES string of the molecule is CC1CCC(CCC(=O)N2CCC(C)(CN)C2)O1. The number of carbonyl (C=O) groups excluding carboxylic acids is 1. The number of nitrogens with two attached hydrogens (primary N) is 1. The molecule has 0 aromatic rings. The van der Waals surface area contributed by atoms with E-state index >= 15 is 0 Å². The molecule has 0 bridgehead atoms. The Labute approximate surface area is 110 Å². The van der Waals surface area contributed by atoms with Gasteiger partial charge in [0.25, 0.3) is 0 Å². The number of likely N-dealkylation sites (tertiary alicyclic amines) is 1. The second kappa shape index (κ2) is 5.57. The highest BCUT2D eigenvalue weighted by atomic mass is 16.5. The van der Waals surface area contributed by atoms with E-state index in [-0.39, 0.29) is 11.3 Å². The summed E-state index contributed by atoms with van der Waals surface area (Å²) in [6, 6.07) is 0. The number of nitrogens with zero attached hydrogens (tertiary/aromatic N) is 1. The number of rotatable bonds is 4. The Morgan fingerprint density at radius 3 is 2.83 bits per heavy atom. The van der Waals surface area contributed by atoms with Gasteiger partial charge in [0.05, 0.1) is 12.2 Å². The van der Waals surface area contributed by atoms with Crippen molar-refractivity contribution in [3.8, 4) is 0 Å². The molecule has 3 unspecified atom stereocenters. The maximum absolute atomic E-state index is 12.1. The quantitative estimate of drug-likeness (QED) is 0.828. The highest BCUT2D eigenvalue weighted by molar-refractivity contribution is 5.76. The molecule has 4 nitrogen and oxygen atoms in total. The molecule has 18 heavy (non-hydrogen) atoms. The minimum Gasteiger partial charge on any atom is -0.375 e. The van der Waals surface area contributed by atoms with E-state index in [1.165, 1.54) is 0 Å². The van der Waals surface area contributed by atoms with Gasteiger partial charge in [-0.15, -0.1) is 0 Å². The summed E-state index contributed by atoms with van der Waals surface area (Å²) in [6.45, 7) is 6.63. The molecule has 2 fully saturated rings. The van der Waals surface area contributed by atoms with Crippen molar-refractivity contribution in [1.29, 1.82) is 0 Å². The van der Waals surface area contributed by atoms with Crippen LogP contribution < -0.4 is 5.73 Å². The Kier molecular flexibility index (Phi) is 4.28. The highest BCUT2D eigenvalue weighted by Gasteiger charge is 2.35. The predicted octanol–water partition coefficient (Wildman–Crippen LogP) is 1.53. The lowest BCUT2D eigenvalue weighted by molar-refractivity contribution is -0.131. The molecule has 2 N–H and O–H groups in total. The molecule has 2 rings (SSSR count). The van der Waals surface area contributed by atoms with E-state index in [1.807, 2.05) is 4.90 Å². The van der Waals surface area contributed by atoms with Gasteiger partial charge in [-0.05, 0) is 44.6 Å². The van der Waals surface area contributed by atoms with E-state index in [1.54, 1.807) is 0 Å². The average Bonchev–Trinajstić information content (AvgIpc) is 2.94. The normalized spacial score (nSPS) is 36.3. The summed E-state index contributed by atoms with van der Waals surface area (Å²) in [5.74, 6) is 0.273. The minimum atomic E-state index is 0.133. The van der Waals surface area contributed by atoms with Crippen LogP contribution in [0.4, 0.5) is 0 Å². The van der Waals surface area contributed by atoms with Crippen molar-refractivity contribution in [3.05, 3.63) is 0 Å². The highest BCUT2D eigenvalue weighted by Crippen LogP contribution is 2.29. The molecule has 0 aliphatic carbocycles. The first kappa shape index (κ1) is 13.8. The molecular formula is C14H26N2O2. The summed E-state index contributed by atoms with van der Waals surface area (Å²) >= 11 is 0. The van der Waals surface area contributed by atoms with Crippen LogP contribution in [-0.2, 0) is 9.53 Å². The molecule has 104 valence electrons. The lowest BCUT2D eigenvalue weighted by Gasteiger charge is -2.23. The van der Waals surface area contributed by atoms with Gasteiger partial charge in [0.15, 0.2) is 0 Å². The molecule has 4 heteroatoms. The van der Waals surface area contributed by atoms with Gasteiger partial charge in [0, 0.05) is 19.5 Å². The number of ether oxygens (including phenoxy) is 1. The molecule has 2 aliphatic heterocycles. The lowest BCUT2D eigenvalue weighted by atomic mass is 9.90. The van der Waals surface area contributed by atoms with Gasteiger partial charge in [0.2, 0.25) is 5.91 Å². The first-order chi connectivity index (χ1) is 8.52. The fourth-order valence-corrected chi connectivity index (χ4v) is 2.94. The zero-order valence-electron chi connectivity index (χ0n) is 11.7. The molecule has 2 heterocycles. The summed E-state index contributed by atoms with van der Waals surface area (Å²) in [5.41, 5.74) is 5.89. The average molecular weight is 254 g/mol. The molecule has 0 saturated carbocycles. The van der Waals surface area contributed by atoms with Crippen molar-refractivity contribution in [3.63, 3.8) is 0 Å². The predicted molar refractivity (Wildman–Crippen MR) is 71.2 cm³/mol. The van der Waals surface area contributed by atoms with Crippen LogP contribution in [0.5, 0.6) is 0 Å². The molecule has 0 aromatic heterocycles. The Hall–Kier alpha value is -0.610. The Balaban J connectivity index is 1.72. The van der Waals surface area contributed by atoms with Gasteiger partial charge < -0.3 is 15.4 Å². The topological polar surface area (TPSA) is 55.6 Å². The van der Waals surface area contributed by atoms with Crippen LogP contribution in [0.15, 0.2) is 0 Å². The first-order valence-electron chi connectivity index (χ1n) is 7.16. The first-order valence-corrected chi connectivity index (χ1v) is 7.16. The van der Waals surface area contributed by atoms with Gasteiger partial charge in [0.1, 0.15) is 0 Å². The van der Waals surface area contributed by atoms with Gasteiger partial charge in [-0.25, -0.2) is 0 Å². The van der Waals surface area contributed by atoms with Crippen molar-refractivity contribution in [2.24, 2.45) is 11.1 Å². The van der Waals surface area contributed by atoms with Crippen molar-refractivity contribution < 1.29 is 9.53 Å². The van der Waals surface area contributed by atoms with E-state index in [9.17, 15) is 4.79 Å². The van der Waals surface area contributed by atoms with Crippen LogP contribution in [0, 0.1) is 5.41 Å². The van der Waals surface area contributed by atoms with Gasteiger partial charge in [-0.2, -0.15) is 0 Å². The summed E-state index contributed by atoms with van der Waals surface area (Å²) in [7, 11) is 0. The zero-order chi connectivity index (χ0) is 13.2. The molecule has 1 amide bonds. The fraction of sp³-hybridized carbons (Fsp3) is 0.929. The van der Waals surface area contributed by atoms with E-state index in [2.05, 4.69) is 13.8 Å². The Morgan fingerprint density at radius 2 is 2.28 bits per heavy atom. The number of carbonyl (C=O) groups is 1. The summed E-state index contributed by atoms with van der Waals surface area (Å²) in [4.78, 5) is 14.1. The van der Waals surface area contributed by atoms with E-state index in [0.717, 1.165) is 38.8 Å². The van der Waals surface area contributed by atoms with Gasteiger partial charge in [-0.3, -0.25) is 4.79 Å². The third-order valence-electron chi connectivity index (χ3n) is 4.40. The molecule has 0 radical (unpaired) electrons. The van der Waals surface area contributed by atoms with Crippen molar-refractivity contribution in [1.82, 2.24) is 4.90 Å². The summed E-state index contributed by atoms with van der Waals surface area (Å²) in [6.07, 6.45) is 5.44. The second-order valence-electron chi connectivity index (χ2n) is 6.26. The lowest BCUT2D eigenvalue weighted by Crippen LogP contribution is -2.34. The molecule has 2 aliphatic rings. The van der Waals surface area contributed by atoms with Crippen LogP contribution in [0.1, 0.15) is 46.0 Å². The maximum Gasteiger partial charge on any atom is 0.222 e. The summed E-state index contributed by atoms with van der Waals surface area (Å²) in [5, 5.41) is 0. The van der Waals surface area contributed by atoms with E-state index < -0.39 is 0 Å². The van der Waals surface area contributed by atoms with Crippen molar-refractivity contribution in [2.45, 2.75) is 58.2 Å². The van der Waals surface area contributed by atoms with Crippen LogP contribution in [0.3, 0.4) is 0 Å². The third kappa shape index (κ3) is 3.23. The smallest absolute Gasteiger partial charge is 0.222 e. The fourth-order valence-electron chi connectivity index (χ4n) is 2.94. The van der Waals surface area contributed by atoms with Gasteiger partial charge >= 0.3 is 0 Å². The molecular weight excluding hydrogens is 228 g/mol. The largest absolute Gasteiger partial charge is 0.375 e. The van der Waals surface area contributed by atoms with E-state index in [0.29, 0.717) is 25.2 Å². The molecule has 2 saturated heterocycles. The monoisotopic (exact) mass is 254 g/mol. The van der Waals surface area contributed by atoms with Crippen molar-refractivity contribution >= 4 is 5.91 Å². The summed E-state index contributed by atoms with van der Waals surface area (Å²) < 4.78 is 5.75. The van der Waals surface area contributed by atoms with Crippen LogP contribution >= 0.6 is 0 Å². The maximum atomic E-state index is 12.1.